The van der Waals surface area contributed by atoms with Crippen molar-refractivity contribution in [2.45, 2.75) is 19.4 Å². The molecule has 3 aromatic rings. The molecule has 1 aromatic heterocycles. The molecule has 33 heavy (non-hydrogen) atoms. The van der Waals surface area contributed by atoms with E-state index in [1.807, 2.05) is 11.8 Å². The van der Waals surface area contributed by atoms with E-state index < -0.39 is 0 Å². The monoisotopic (exact) mass is 467 g/mol. The number of thiazole rings is 1. The van der Waals surface area contributed by atoms with Gasteiger partial charge < -0.3 is 19.1 Å². The van der Waals surface area contributed by atoms with Gasteiger partial charge in [-0.1, -0.05) is 0 Å². The van der Waals surface area contributed by atoms with E-state index in [1.54, 1.807) is 61.2 Å². The number of hydrogen-bond donors (Lipinski definition) is 1. The lowest BCUT2D eigenvalue weighted by Crippen LogP contribution is -2.41. The summed E-state index contributed by atoms with van der Waals surface area (Å²) in [6.45, 7) is 3.88. The summed E-state index contributed by atoms with van der Waals surface area (Å²) in [6.07, 6.45) is 2.45. The summed E-state index contributed by atoms with van der Waals surface area (Å²) in [5.41, 5.74) is 0.989. The standard InChI is InChI=1S/C24H25N3O5S/c1-16(15-30-2)31-20-12-18(22(28)26-24-25-8-11-33-24)13-21(14-20)32-19-6-4-17(5-7-19)23(29)27-9-3-10-27/h4-8,11-14,16H,3,9-10,15H2,1-2H3,(H,25,26,28)/t16-/m0/s1. The van der Waals surface area contributed by atoms with Crippen LogP contribution in [0.2, 0.25) is 0 Å². The molecule has 0 saturated carbocycles. The molecule has 4 rings (SSSR count). The van der Waals surface area contributed by atoms with Gasteiger partial charge in [-0.25, -0.2) is 4.98 Å². The average molecular weight is 468 g/mol. The molecular formula is C24H25N3O5S. The third-order valence-electron chi connectivity index (χ3n) is 5.01. The van der Waals surface area contributed by atoms with E-state index in [2.05, 4.69) is 10.3 Å². The second-order valence-corrected chi connectivity index (χ2v) is 8.54. The molecule has 1 aliphatic heterocycles. The molecule has 2 amide bonds. The zero-order valence-corrected chi connectivity index (χ0v) is 19.3. The summed E-state index contributed by atoms with van der Waals surface area (Å²) < 4.78 is 17.0. The first-order chi connectivity index (χ1) is 16.0. The number of anilines is 1. The number of methoxy groups -OCH3 is 1. The summed E-state index contributed by atoms with van der Waals surface area (Å²) in [6, 6.07) is 12.0. The van der Waals surface area contributed by atoms with Crippen LogP contribution < -0.4 is 14.8 Å². The number of carbonyl (C=O) groups is 2. The van der Waals surface area contributed by atoms with E-state index in [9.17, 15) is 9.59 Å². The Morgan fingerprint density at radius 1 is 1.09 bits per heavy atom. The van der Waals surface area contributed by atoms with E-state index in [0.717, 1.165) is 19.5 Å². The summed E-state index contributed by atoms with van der Waals surface area (Å²) in [4.78, 5) is 31.0. The highest BCUT2D eigenvalue weighted by atomic mass is 32.1. The van der Waals surface area contributed by atoms with Gasteiger partial charge in [-0.3, -0.25) is 14.9 Å². The molecule has 0 aliphatic carbocycles. The molecule has 0 spiro atoms. The largest absolute Gasteiger partial charge is 0.488 e. The van der Waals surface area contributed by atoms with Crippen molar-refractivity contribution in [2.75, 3.05) is 32.1 Å². The number of ether oxygens (including phenoxy) is 3. The van der Waals surface area contributed by atoms with Crippen LogP contribution in [-0.2, 0) is 4.74 Å². The summed E-state index contributed by atoms with van der Waals surface area (Å²) in [7, 11) is 1.60. The van der Waals surface area contributed by atoms with Crippen LogP contribution >= 0.6 is 11.3 Å². The molecule has 0 unspecified atom stereocenters. The quantitative estimate of drug-likeness (QED) is 0.500. The van der Waals surface area contributed by atoms with E-state index in [0.29, 0.717) is 40.1 Å². The van der Waals surface area contributed by atoms with Crippen molar-refractivity contribution in [3.8, 4) is 17.2 Å². The van der Waals surface area contributed by atoms with Gasteiger partial charge in [0, 0.05) is 49.0 Å². The summed E-state index contributed by atoms with van der Waals surface area (Å²) in [5.74, 6) is 1.16. The number of rotatable bonds is 9. The minimum absolute atomic E-state index is 0.0245. The molecule has 9 heteroatoms. The van der Waals surface area contributed by atoms with Crippen LogP contribution in [-0.4, -0.2) is 54.6 Å². The van der Waals surface area contributed by atoms with Crippen LogP contribution in [0.1, 0.15) is 34.1 Å². The number of carbonyl (C=O) groups excluding carboxylic acids is 2. The highest BCUT2D eigenvalue weighted by Gasteiger charge is 2.21. The van der Waals surface area contributed by atoms with Gasteiger partial charge in [0.2, 0.25) is 0 Å². The van der Waals surface area contributed by atoms with E-state index >= 15 is 0 Å². The zero-order chi connectivity index (χ0) is 23.2. The van der Waals surface area contributed by atoms with Gasteiger partial charge in [0.1, 0.15) is 23.4 Å². The van der Waals surface area contributed by atoms with Crippen molar-refractivity contribution in [3.63, 3.8) is 0 Å². The molecule has 1 saturated heterocycles. The van der Waals surface area contributed by atoms with Gasteiger partial charge in [0.25, 0.3) is 11.8 Å². The number of benzene rings is 2. The van der Waals surface area contributed by atoms with Gasteiger partial charge in [-0.15, -0.1) is 11.3 Å². The van der Waals surface area contributed by atoms with Crippen molar-refractivity contribution in [3.05, 3.63) is 65.2 Å². The summed E-state index contributed by atoms with van der Waals surface area (Å²) >= 11 is 1.33. The number of likely N-dealkylation sites (tertiary alicyclic amines) is 1. The Hall–Kier alpha value is -3.43. The molecule has 0 radical (unpaired) electrons. The number of hydrogen-bond acceptors (Lipinski definition) is 7. The predicted octanol–water partition coefficient (Wildman–Crippen LogP) is 4.45. The van der Waals surface area contributed by atoms with Crippen LogP contribution in [0.25, 0.3) is 0 Å². The van der Waals surface area contributed by atoms with Gasteiger partial charge >= 0.3 is 0 Å². The predicted molar refractivity (Wildman–Crippen MR) is 126 cm³/mol. The van der Waals surface area contributed by atoms with Crippen molar-refractivity contribution < 1.29 is 23.8 Å². The van der Waals surface area contributed by atoms with E-state index in [-0.39, 0.29) is 17.9 Å². The first-order valence-electron chi connectivity index (χ1n) is 10.6. The maximum Gasteiger partial charge on any atom is 0.257 e. The Morgan fingerprint density at radius 3 is 2.48 bits per heavy atom. The zero-order valence-electron chi connectivity index (χ0n) is 18.4. The molecule has 2 aromatic carbocycles. The van der Waals surface area contributed by atoms with E-state index in [4.69, 9.17) is 14.2 Å². The Morgan fingerprint density at radius 2 is 1.85 bits per heavy atom. The fraction of sp³-hybridized carbons (Fsp3) is 0.292. The minimum atomic E-state index is -0.324. The second-order valence-electron chi connectivity index (χ2n) is 7.64. The molecule has 1 atom stereocenters. The lowest BCUT2D eigenvalue weighted by atomic mass is 10.1. The van der Waals surface area contributed by atoms with Crippen molar-refractivity contribution in [1.29, 1.82) is 0 Å². The van der Waals surface area contributed by atoms with Gasteiger partial charge in [-0.2, -0.15) is 0 Å². The maximum absolute atomic E-state index is 12.8. The maximum atomic E-state index is 12.8. The number of amides is 2. The lowest BCUT2D eigenvalue weighted by Gasteiger charge is -2.30. The Labute approximate surface area is 196 Å². The molecule has 2 heterocycles. The molecular weight excluding hydrogens is 442 g/mol. The van der Waals surface area contributed by atoms with Gasteiger partial charge in [0.05, 0.1) is 6.61 Å². The van der Waals surface area contributed by atoms with Crippen LogP contribution in [0, 0.1) is 0 Å². The minimum Gasteiger partial charge on any atom is -0.488 e. The SMILES string of the molecule is COC[C@H](C)Oc1cc(Oc2ccc(C(=O)N3CCC3)cc2)cc(C(=O)Nc2nccs2)c1. The first kappa shape index (κ1) is 22.8. The van der Waals surface area contributed by atoms with Crippen LogP contribution in [0.4, 0.5) is 5.13 Å². The number of nitrogens with one attached hydrogen (secondary N) is 1. The van der Waals surface area contributed by atoms with Crippen LogP contribution in [0.5, 0.6) is 17.2 Å². The van der Waals surface area contributed by atoms with E-state index in [1.165, 1.54) is 11.3 Å². The Bertz CT molecular complexity index is 1100. The topological polar surface area (TPSA) is 90.0 Å². The molecule has 172 valence electrons. The molecule has 1 aliphatic rings. The Kier molecular flexibility index (Phi) is 7.21. The van der Waals surface area contributed by atoms with Crippen molar-refractivity contribution >= 4 is 28.3 Å². The second kappa shape index (κ2) is 10.5. The number of nitrogens with zero attached hydrogens (tertiary/aromatic N) is 2. The highest BCUT2D eigenvalue weighted by molar-refractivity contribution is 7.13. The molecule has 0 bridgehead atoms. The third-order valence-corrected chi connectivity index (χ3v) is 5.70. The average Bonchev–Trinajstić information content (AvgIpc) is 3.26. The van der Waals surface area contributed by atoms with Gasteiger partial charge in [0.15, 0.2) is 5.13 Å². The molecule has 1 N–H and O–H groups in total. The fourth-order valence-corrected chi connectivity index (χ4v) is 3.81. The summed E-state index contributed by atoms with van der Waals surface area (Å²) in [5, 5.41) is 5.05. The third kappa shape index (κ3) is 5.88. The van der Waals surface area contributed by atoms with Crippen molar-refractivity contribution in [2.24, 2.45) is 0 Å². The van der Waals surface area contributed by atoms with Gasteiger partial charge in [-0.05, 0) is 49.7 Å². The smallest absolute Gasteiger partial charge is 0.257 e. The normalized spacial score (nSPS) is 13.7. The van der Waals surface area contributed by atoms with Crippen LogP contribution in [0.15, 0.2) is 54.0 Å². The fourth-order valence-electron chi connectivity index (χ4n) is 3.29. The lowest BCUT2D eigenvalue weighted by molar-refractivity contribution is 0.0651. The molecule has 1 fully saturated rings. The van der Waals surface area contributed by atoms with Crippen LogP contribution in [0.3, 0.4) is 0 Å². The highest BCUT2D eigenvalue weighted by Crippen LogP contribution is 2.29. The Balaban J connectivity index is 1.53. The first-order valence-corrected chi connectivity index (χ1v) is 11.5. The van der Waals surface area contributed by atoms with Crippen molar-refractivity contribution in [1.82, 2.24) is 9.88 Å². The number of aromatic nitrogens is 1. The molecule has 8 nitrogen and oxygen atoms in total.